The first-order chi connectivity index (χ1) is 6.85. The maximum Gasteiger partial charge on any atom is 0.187 e. The lowest BCUT2D eigenvalue weighted by Gasteiger charge is -2.33. The van der Waals surface area contributed by atoms with Crippen molar-refractivity contribution in [1.29, 1.82) is 5.26 Å². The molecule has 0 spiro atoms. The summed E-state index contributed by atoms with van der Waals surface area (Å²) in [6.07, 6.45) is 4.79. The van der Waals surface area contributed by atoms with Gasteiger partial charge in [0.15, 0.2) is 6.19 Å². The quantitative estimate of drug-likeness (QED) is 0.653. The highest BCUT2D eigenvalue weighted by atomic mass is 15.6. The van der Waals surface area contributed by atoms with E-state index in [4.69, 9.17) is 5.26 Å². The van der Waals surface area contributed by atoms with Crippen LogP contribution in [0, 0.1) is 16.9 Å². The summed E-state index contributed by atoms with van der Waals surface area (Å²) >= 11 is 0. The Hall–Kier alpha value is -1.24. The van der Waals surface area contributed by atoms with Gasteiger partial charge >= 0.3 is 0 Å². The average molecular weight is 208 g/mol. The van der Waals surface area contributed by atoms with E-state index in [1.807, 2.05) is 5.01 Å². The first kappa shape index (κ1) is 11.8. The molecule has 84 valence electrons. The van der Waals surface area contributed by atoms with Crippen molar-refractivity contribution in [3.63, 3.8) is 0 Å². The number of rotatable bonds is 2. The molecule has 4 heteroatoms. The highest BCUT2D eigenvalue weighted by molar-refractivity contribution is 5.59. The summed E-state index contributed by atoms with van der Waals surface area (Å²) in [6, 6.07) is 0.326. The highest BCUT2D eigenvalue weighted by Gasteiger charge is 2.33. The van der Waals surface area contributed by atoms with Gasteiger partial charge in [0.05, 0.1) is 0 Å². The molecule has 15 heavy (non-hydrogen) atoms. The fourth-order valence-corrected chi connectivity index (χ4v) is 1.71. The van der Waals surface area contributed by atoms with Gasteiger partial charge in [-0.2, -0.15) is 10.4 Å². The smallest absolute Gasteiger partial charge is 0.187 e. The van der Waals surface area contributed by atoms with Crippen molar-refractivity contribution in [3.8, 4) is 6.19 Å². The van der Waals surface area contributed by atoms with Crippen LogP contribution < -0.4 is 0 Å². The van der Waals surface area contributed by atoms with Crippen LogP contribution in [0.1, 0.15) is 41.0 Å². The summed E-state index contributed by atoms with van der Waals surface area (Å²) < 4.78 is 0. The van der Waals surface area contributed by atoms with Crippen molar-refractivity contribution >= 4 is 6.34 Å². The van der Waals surface area contributed by atoms with Gasteiger partial charge < -0.3 is 0 Å². The Bertz CT molecular complexity index is 282. The summed E-state index contributed by atoms with van der Waals surface area (Å²) in [5.74, 6) is 0. The van der Waals surface area contributed by atoms with Crippen LogP contribution in [0.2, 0.25) is 0 Å². The minimum absolute atomic E-state index is 0.0787. The number of hydrazone groups is 1. The zero-order valence-electron chi connectivity index (χ0n) is 10.2. The highest BCUT2D eigenvalue weighted by Crippen LogP contribution is 2.28. The zero-order valence-corrected chi connectivity index (χ0v) is 10.2. The zero-order chi connectivity index (χ0) is 11.6. The van der Waals surface area contributed by atoms with E-state index in [1.165, 1.54) is 0 Å². The van der Waals surface area contributed by atoms with Gasteiger partial charge in [-0.15, -0.1) is 0 Å². The van der Waals surface area contributed by atoms with E-state index in [1.54, 1.807) is 11.2 Å². The third-order valence-corrected chi connectivity index (χ3v) is 2.38. The molecule has 4 nitrogen and oxygen atoms in total. The molecule has 0 bridgehead atoms. The molecule has 0 saturated carbocycles. The van der Waals surface area contributed by atoms with Crippen LogP contribution in [-0.2, 0) is 0 Å². The van der Waals surface area contributed by atoms with Crippen molar-refractivity contribution in [2.75, 3.05) is 0 Å². The Morgan fingerprint density at radius 1 is 1.47 bits per heavy atom. The summed E-state index contributed by atoms with van der Waals surface area (Å²) in [4.78, 5) is 1.63. The van der Waals surface area contributed by atoms with Gasteiger partial charge in [0, 0.05) is 6.04 Å². The second kappa shape index (κ2) is 4.09. The van der Waals surface area contributed by atoms with Crippen LogP contribution >= 0.6 is 0 Å². The molecular formula is C11H20N4. The van der Waals surface area contributed by atoms with Crippen LogP contribution in [0.4, 0.5) is 0 Å². The predicted octanol–water partition coefficient (Wildman–Crippen LogP) is 2.20. The Morgan fingerprint density at radius 2 is 2.07 bits per heavy atom. The van der Waals surface area contributed by atoms with Crippen LogP contribution in [0.25, 0.3) is 0 Å². The summed E-state index contributed by atoms with van der Waals surface area (Å²) in [5.41, 5.74) is 0.195. The number of hydrogen-bond acceptors (Lipinski definition) is 4. The van der Waals surface area contributed by atoms with Crippen LogP contribution in [0.3, 0.4) is 0 Å². The lowest BCUT2D eigenvalue weighted by Crippen LogP contribution is -2.42. The van der Waals surface area contributed by atoms with E-state index in [9.17, 15) is 0 Å². The molecule has 0 aromatic rings. The molecule has 1 unspecified atom stereocenters. The van der Waals surface area contributed by atoms with Crippen molar-refractivity contribution in [3.05, 3.63) is 0 Å². The maximum atomic E-state index is 8.99. The van der Waals surface area contributed by atoms with Crippen molar-refractivity contribution in [1.82, 2.24) is 9.91 Å². The van der Waals surface area contributed by atoms with Crippen molar-refractivity contribution in [2.24, 2.45) is 10.5 Å². The van der Waals surface area contributed by atoms with E-state index >= 15 is 0 Å². The van der Waals surface area contributed by atoms with Gasteiger partial charge in [-0.3, -0.25) is 5.01 Å². The van der Waals surface area contributed by atoms with Crippen molar-refractivity contribution in [2.45, 2.75) is 53.2 Å². The second-order valence-electron chi connectivity index (χ2n) is 5.46. The van der Waals surface area contributed by atoms with Crippen LogP contribution in [0.15, 0.2) is 5.10 Å². The molecule has 1 atom stereocenters. The number of nitrogens with zero attached hydrogens (tertiary/aromatic N) is 4. The third kappa shape index (κ3) is 2.85. The first-order valence-corrected chi connectivity index (χ1v) is 5.35. The standard InChI is InChI=1S/C11H20N4/c1-9(2)15-10(6-11(3,4)5)14(7-12)8-13-15/h8-10H,6H2,1-5H3. The van der Waals surface area contributed by atoms with Gasteiger partial charge in [-0.05, 0) is 25.7 Å². The molecule has 0 saturated heterocycles. The fraction of sp³-hybridized carbons (Fsp3) is 0.818. The Balaban J connectivity index is 2.77. The fourth-order valence-electron chi connectivity index (χ4n) is 1.71. The van der Waals surface area contributed by atoms with E-state index < -0.39 is 0 Å². The van der Waals surface area contributed by atoms with E-state index in [0.717, 1.165) is 6.42 Å². The average Bonchev–Trinajstić information content (AvgIpc) is 2.44. The SMILES string of the molecule is CC(C)N1N=CN(C#N)C1CC(C)(C)C. The van der Waals surface area contributed by atoms with Crippen molar-refractivity contribution < 1.29 is 0 Å². The molecule has 0 aliphatic carbocycles. The maximum absolute atomic E-state index is 8.99. The lowest BCUT2D eigenvalue weighted by atomic mass is 9.90. The van der Waals surface area contributed by atoms with Gasteiger partial charge in [-0.1, -0.05) is 20.8 Å². The van der Waals surface area contributed by atoms with E-state index in [-0.39, 0.29) is 11.6 Å². The predicted molar refractivity (Wildman–Crippen MR) is 60.8 cm³/mol. The molecule has 0 radical (unpaired) electrons. The monoisotopic (exact) mass is 208 g/mol. The Labute approximate surface area is 92.2 Å². The molecule has 0 amide bonds. The molecule has 1 rings (SSSR count). The topological polar surface area (TPSA) is 42.6 Å². The largest absolute Gasteiger partial charge is 0.269 e. The number of hydrogen-bond donors (Lipinski definition) is 0. The van der Waals surface area contributed by atoms with Gasteiger partial charge in [0.2, 0.25) is 0 Å². The molecule has 0 aromatic carbocycles. The molecule has 0 aromatic heterocycles. The van der Waals surface area contributed by atoms with Crippen LogP contribution in [0.5, 0.6) is 0 Å². The normalized spacial score (nSPS) is 21.3. The Kier molecular flexibility index (Phi) is 3.23. The minimum Gasteiger partial charge on any atom is -0.269 e. The van der Waals surface area contributed by atoms with Crippen LogP contribution in [-0.4, -0.2) is 28.5 Å². The molecule has 1 aliphatic rings. The summed E-state index contributed by atoms with van der Waals surface area (Å²) in [6.45, 7) is 10.7. The molecule has 1 heterocycles. The molecule has 0 fully saturated rings. The first-order valence-electron chi connectivity index (χ1n) is 5.35. The molecule has 0 N–H and O–H groups in total. The summed E-state index contributed by atoms with van der Waals surface area (Å²) in [7, 11) is 0. The van der Waals surface area contributed by atoms with E-state index in [2.05, 4.69) is 45.9 Å². The Morgan fingerprint density at radius 3 is 2.47 bits per heavy atom. The van der Waals surface area contributed by atoms with Gasteiger partial charge in [0.1, 0.15) is 12.5 Å². The second-order valence-corrected chi connectivity index (χ2v) is 5.46. The molecule has 1 aliphatic heterocycles. The van der Waals surface area contributed by atoms with E-state index in [0.29, 0.717) is 6.04 Å². The third-order valence-electron chi connectivity index (χ3n) is 2.38. The van der Waals surface area contributed by atoms with Gasteiger partial charge in [0.25, 0.3) is 0 Å². The summed E-state index contributed by atoms with van der Waals surface area (Å²) in [5, 5.41) is 15.3. The molecular weight excluding hydrogens is 188 g/mol. The van der Waals surface area contributed by atoms with Gasteiger partial charge in [-0.25, -0.2) is 4.90 Å². The lowest BCUT2D eigenvalue weighted by molar-refractivity contribution is 0.0865. The number of nitriles is 1. The minimum atomic E-state index is 0.0787.